The van der Waals surface area contributed by atoms with Gasteiger partial charge in [0.2, 0.25) is 0 Å². The molecule has 0 amide bonds. The van der Waals surface area contributed by atoms with Crippen LogP contribution < -0.4 is 0 Å². The highest BCUT2D eigenvalue weighted by Crippen LogP contribution is 2.21. The lowest BCUT2D eigenvalue weighted by Crippen LogP contribution is -2.10. The van der Waals surface area contributed by atoms with E-state index in [1.54, 1.807) is 0 Å². The second-order valence-corrected chi connectivity index (χ2v) is 6.21. The molecule has 2 nitrogen and oxygen atoms in total. The summed E-state index contributed by atoms with van der Waals surface area (Å²) in [5.41, 5.74) is 5.01. The zero-order valence-corrected chi connectivity index (χ0v) is 15.3. The normalized spacial score (nSPS) is 10.4. The van der Waals surface area contributed by atoms with Crippen LogP contribution in [-0.2, 0) is 6.54 Å². The molecular formula is C22H22ClNO. The Morgan fingerprint density at radius 2 is 1.20 bits per heavy atom. The van der Waals surface area contributed by atoms with E-state index < -0.39 is 0 Å². The zero-order chi connectivity index (χ0) is 16.9. The Bertz CT molecular complexity index is 809. The number of benzene rings is 3. The fourth-order valence-corrected chi connectivity index (χ4v) is 2.74. The number of hydrogen-bond donors (Lipinski definition) is 0. The van der Waals surface area contributed by atoms with Crippen LogP contribution in [0.15, 0.2) is 78.9 Å². The van der Waals surface area contributed by atoms with Gasteiger partial charge in [-0.2, -0.15) is 0 Å². The molecule has 0 fully saturated rings. The summed E-state index contributed by atoms with van der Waals surface area (Å²) in [5, 5.41) is 0. The lowest BCUT2D eigenvalue weighted by atomic mass is 9.99. The summed E-state index contributed by atoms with van der Waals surface area (Å²) in [4.78, 5) is 14.6. The molecule has 0 saturated carbocycles. The highest BCUT2D eigenvalue weighted by atomic mass is 35.5. The quantitative estimate of drug-likeness (QED) is 0.598. The maximum atomic E-state index is 12.4. The number of nitrogens with zero attached hydrogens (tertiary/aromatic N) is 1. The molecule has 0 atom stereocenters. The van der Waals surface area contributed by atoms with Gasteiger partial charge in [0.15, 0.2) is 5.78 Å². The van der Waals surface area contributed by atoms with Crippen LogP contribution in [0, 0.1) is 0 Å². The number of rotatable bonds is 5. The molecular weight excluding hydrogens is 330 g/mol. The van der Waals surface area contributed by atoms with Crippen molar-refractivity contribution >= 4 is 18.2 Å². The maximum absolute atomic E-state index is 12.4. The highest BCUT2D eigenvalue weighted by molar-refractivity contribution is 6.09. The fraction of sp³-hybridized carbons (Fsp3) is 0.136. The van der Waals surface area contributed by atoms with Gasteiger partial charge in [-0.3, -0.25) is 4.79 Å². The average Bonchev–Trinajstić information content (AvgIpc) is 2.62. The molecule has 0 unspecified atom stereocenters. The van der Waals surface area contributed by atoms with Crippen LogP contribution in [0.4, 0.5) is 0 Å². The van der Waals surface area contributed by atoms with E-state index in [2.05, 4.69) is 43.3 Å². The topological polar surface area (TPSA) is 20.3 Å². The molecule has 0 spiro atoms. The monoisotopic (exact) mass is 351 g/mol. The molecule has 0 saturated heterocycles. The predicted octanol–water partition coefficient (Wildman–Crippen LogP) is 5.07. The molecule has 3 heteroatoms. The standard InChI is InChI=1S/C22H21NO.ClH/c1-23(2)16-17-8-10-18(11-9-17)19-12-14-21(15-13-19)22(24)20-6-4-3-5-7-20;/h3-15H,16H2,1-2H3;1H. The maximum Gasteiger partial charge on any atom is 0.193 e. The van der Waals surface area contributed by atoms with E-state index in [1.807, 2.05) is 54.6 Å². The first-order valence-electron chi connectivity index (χ1n) is 8.07. The van der Waals surface area contributed by atoms with Crippen LogP contribution in [0.3, 0.4) is 0 Å². The predicted molar refractivity (Wildman–Crippen MR) is 106 cm³/mol. The molecule has 0 N–H and O–H groups in total. The van der Waals surface area contributed by atoms with Crippen molar-refractivity contribution < 1.29 is 4.79 Å². The lowest BCUT2D eigenvalue weighted by Gasteiger charge is -2.10. The highest BCUT2D eigenvalue weighted by Gasteiger charge is 2.08. The van der Waals surface area contributed by atoms with Gasteiger partial charge in [0.25, 0.3) is 0 Å². The minimum Gasteiger partial charge on any atom is -0.305 e. The third kappa shape index (κ3) is 4.79. The zero-order valence-electron chi connectivity index (χ0n) is 14.5. The second-order valence-electron chi connectivity index (χ2n) is 6.21. The molecule has 0 aromatic heterocycles. The van der Waals surface area contributed by atoms with Crippen molar-refractivity contribution in [2.24, 2.45) is 0 Å². The molecule has 0 heterocycles. The number of carbonyl (C=O) groups excluding carboxylic acids is 1. The molecule has 0 aliphatic carbocycles. The van der Waals surface area contributed by atoms with Crippen molar-refractivity contribution in [3.63, 3.8) is 0 Å². The Morgan fingerprint density at radius 3 is 1.72 bits per heavy atom. The summed E-state index contributed by atoms with van der Waals surface area (Å²) in [6.07, 6.45) is 0. The Kier molecular flexibility index (Phi) is 6.51. The lowest BCUT2D eigenvalue weighted by molar-refractivity contribution is 0.103. The molecule has 3 rings (SSSR count). The van der Waals surface area contributed by atoms with Gasteiger partial charge in [0, 0.05) is 17.7 Å². The molecule has 0 bridgehead atoms. The molecule has 3 aromatic carbocycles. The first-order chi connectivity index (χ1) is 11.6. The van der Waals surface area contributed by atoms with Crippen LogP contribution in [0.2, 0.25) is 0 Å². The minimum atomic E-state index is 0. The van der Waals surface area contributed by atoms with Crippen LogP contribution in [0.25, 0.3) is 11.1 Å². The summed E-state index contributed by atoms with van der Waals surface area (Å²) in [7, 11) is 4.13. The van der Waals surface area contributed by atoms with Crippen molar-refractivity contribution in [3.8, 4) is 11.1 Å². The van der Waals surface area contributed by atoms with Gasteiger partial charge >= 0.3 is 0 Å². The van der Waals surface area contributed by atoms with Gasteiger partial charge in [0.05, 0.1) is 0 Å². The Balaban J connectivity index is 0.00000225. The number of halogens is 1. The van der Waals surface area contributed by atoms with Crippen molar-refractivity contribution in [2.45, 2.75) is 6.54 Å². The fourth-order valence-electron chi connectivity index (χ4n) is 2.74. The van der Waals surface area contributed by atoms with Crippen molar-refractivity contribution in [3.05, 3.63) is 95.6 Å². The number of hydrogen-bond acceptors (Lipinski definition) is 2. The van der Waals surface area contributed by atoms with E-state index in [-0.39, 0.29) is 18.2 Å². The Labute approximate surface area is 155 Å². The SMILES string of the molecule is CN(C)Cc1ccc(-c2ccc(C(=O)c3ccccc3)cc2)cc1.Cl. The van der Waals surface area contributed by atoms with Crippen LogP contribution in [0.5, 0.6) is 0 Å². The number of ketones is 1. The smallest absolute Gasteiger partial charge is 0.193 e. The molecule has 128 valence electrons. The second kappa shape index (κ2) is 8.61. The number of carbonyl (C=O) groups is 1. The van der Waals surface area contributed by atoms with E-state index >= 15 is 0 Å². The van der Waals surface area contributed by atoms with Gasteiger partial charge in [0.1, 0.15) is 0 Å². The summed E-state index contributed by atoms with van der Waals surface area (Å²) in [6.45, 7) is 0.935. The van der Waals surface area contributed by atoms with Gasteiger partial charge < -0.3 is 4.90 Å². The van der Waals surface area contributed by atoms with Gasteiger partial charge in [-0.15, -0.1) is 12.4 Å². The summed E-state index contributed by atoms with van der Waals surface area (Å²) < 4.78 is 0. The third-order valence-electron chi connectivity index (χ3n) is 3.97. The first-order valence-corrected chi connectivity index (χ1v) is 8.07. The van der Waals surface area contributed by atoms with Crippen molar-refractivity contribution in [2.75, 3.05) is 14.1 Å². The van der Waals surface area contributed by atoms with Crippen LogP contribution in [0.1, 0.15) is 21.5 Å². The Hall–Kier alpha value is -2.42. The van der Waals surface area contributed by atoms with Crippen LogP contribution in [-0.4, -0.2) is 24.8 Å². The van der Waals surface area contributed by atoms with Gasteiger partial charge in [-0.25, -0.2) is 0 Å². The van der Waals surface area contributed by atoms with Crippen molar-refractivity contribution in [1.29, 1.82) is 0 Å². The molecule has 0 aliphatic rings. The van der Waals surface area contributed by atoms with E-state index in [0.29, 0.717) is 5.56 Å². The van der Waals surface area contributed by atoms with E-state index in [9.17, 15) is 4.79 Å². The molecule has 25 heavy (non-hydrogen) atoms. The Morgan fingerprint density at radius 1 is 0.720 bits per heavy atom. The van der Waals surface area contributed by atoms with E-state index in [0.717, 1.165) is 23.2 Å². The molecule has 3 aromatic rings. The van der Waals surface area contributed by atoms with E-state index in [1.165, 1.54) is 5.56 Å². The largest absolute Gasteiger partial charge is 0.305 e. The summed E-state index contributed by atoms with van der Waals surface area (Å²) in [5.74, 6) is 0.0588. The van der Waals surface area contributed by atoms with E-state index in [4.69, 9.17) is 0 Å². The molecule has 0 aliphatic heterocycles. The average molecular weight is 352 g/mol. The van der Waals surface area contributed by atoms with Crippen LogP contribution >= 0.6 is 12.4 Å². The third-order valence-corrected chi connectivity index (χ3v) is 3.97. The van der Waals surface area contributed by atoms with Gasteiger partial charge in [-0.1, -0.05) is 78.9 Å². The van der Waals surface area contributed by atoms with Crippen molar-refractivity contribution in [1.82, 2.24) is 4.90 Å². The summed E-state index contributed by atoms with van der Waals surface area (Å²) >= 11 is 0. The first kappa shape index (κ1) is 18.9. The van der Waals surface area contributed by atoms with Gasteiger partial charge in [-0.05, 0) is 30.8 Å². The minimum absolute atomic E-state index is 0. The summed E-state index contributed by atoms with van der Waals surface area (Å²) in [6, 6.07) is 25.8. The molecule has 0 radical (unpaired) electrons.